The van der Waals surface area contributed by atoms with Crippen LogP contribution in [0.1, 0.15) is 47.7 Å². The molecule has 1 aliphatic carbocycles. The van der Waals surface area contributed by atoms with E-state index in [0.29, 0.717) is 6.54 Å². The first kappa shape index (κ1) is 20.1. The van der Waals surface area contributed by atoms with Crippen LogP contribution in [0.25, 0.3) is 12.3 Å². The molecule has 0 fully saturated rings. The number of pyridine rings is 1. The Bertz CT molecular complexity index is 692. The van der Waals surface area contributed by atoms with Crippen molar-refractivity contribution in [2.75, 3.05) is 13.6 Å². The minimum Gasteiger partial charge on any atom is -0.330 e. The lowest BCUT2D eigenvalue weighted by atomic mass is 9.96. The van der Waals surface area contributed by atoms with Gasteiger partial charge in [0.25, 0.3) is 0 Å². The summed E-state index contributed by atoms with van der Waals surface area (Å²) in [5, 5.41) is 3.11. The molecule has 0 aromatic carbocycles. The number of aromatic nitrogens is 3. The Morgan fingerprint density at radius 2 is 2.12 bits per heavy atom. The van der Waals surface area contributed by atoms with Crippen molar-refractivity contribution in [1.82, 2.24) is 19.9 Å². The van der Waals surface area contributed by atoms with Crippen LogP contribution < -0.4 is 11.1 Å². The van der Waals surface area contributed by atoms with Crippen LogP contribution in [0.15, 0.2) is 31.5 Å². The van der Waals surface area contributed by atoms with E-state index in [1.165, 1.54) is 42.6 Å². The van der Waals surface area contributed by atoms with E-state index in [9.17, 15) is 0 Å². The molecule has 2 aromatic heterocycles. The quantitative estimate of drug-likeness (QED) is 0.802. The Balaban J connectivity index is 0.000000206. The van der Waals surface area contributed by atoms with Gasteiger partial charge in [0.1, 0.15) is 5.82 Å². The maximum Gasteiger partial charge on any atom is 0.136 e. The van der Waals surface area contributed by atoms with Gasteiger partial charge < -0.3 is 15.6 Å². The number of rotatable bonds is 7. The van der Waals surface area contributed by atoms with E-state index in [1.54, 1.807) is 12.3 Å². The Hall–Kier alpha value is -2.24. The minimum atomic E-state index is 0.685. The summed E-state index contributed by atoms with van der Waals surface area (Å²) in [4.78, 5) is 8.83. The van der Waals surface area contributed by atoms with Gasteiger partial charge >= 0.3 is 0 Å². The molecule has 0 radical (unpaired) electrons. The molecule has 5 heteroatoms. The van der Waals surface area contributed by atoms with Crippen molar-refractivity contribution >= 4 is 12.3 Å². The average molecular weight is 354 g/mol. The largest absolute Gasteiger partial charge is 0.330 e. The summed E-state index contributed by atoms with van der Waals surface area (Å²) in [7, 11) is 1.91. The molecular weight excluding hydrogens is 322 g/mol. The molecule has 3 N–H and O–H groups in total. The topological polar surface area (TPSA) is 68.8 Å². The van der Waals surface area contributed by atoms with E-state index in [4.69, 9.17) is 5.73 Å². The van der Waals surface area contributed by atoms with Gasteiger partial charge in [0, 0.05) is 30.3 Å². The molecule has 0 atom stereocenters. The van der Waals surface area contributed by atoms with Gasteiger partial charge in [-0.2, -0.15) is 0 Å². The van der Waals surface area contributed by atoms with Gasteiger partial charge in [0.15, 0.2) is 0 Å². The van der Waals surface area contributed by atoms with Crippen molar-refractivity contribution < 1.29 is 0 Å². The molecule has 3 rings (SSSR count). The zero-order valence-electron chi connectivity index (χ0n) is 15.9. The van der Waals surface area contributed by atoms with Gasteiger partial charge in [-0.3, -0.25) is 4.98 Å². The number of hydrogen-bond acceptors (Lipinski definition) is 4. The molecule has 2 heterocycles. The summed E-state index contributed by atoms with van der Waals surface area (Å²) in [6.45, 7) is 9.00. The number of nitrogens with one attached hydrogen (secondary N) is 1. The Labute approximate surface area is 157 Å². The fraction of sp³-hybridized carbons (Fsp3) is 0.429. The summed E-state index contributed by atoms with van der Waals surface area (Å²) < 4.78 is 1.98. The highest BCUT2D eigenvalue weighted by Crippen LogP contribution is 2.17. The van der Waals surface area contributed by atoms with Crippen molar-refractivity contribution in [2.45, 2.75) is 45.1 Å². The lowest BCUT2D eigenvalue weighted by molar-refractivity contribution is 0.668. The molecule has 5 nitrogen and oxygen atoms in total. The van der Waals surface area contributed by atoms with Crippen LogP contribution in [-0.4, -0.2) is 28.1 Å². The predicted molar refractivity (Wildman–Crippen MR) is 110 cm³/mol. The minimum absolute atomic E-state index is 0.685. The zero-order chi connectivity index (χ0) is 18.8. The van der Waals surface area contributed by atoms with Gasteiger partial charge in [-0.25, -0.2) is 4.98 Å². The van der Waals surface area contributed by atoms with E-state index < -0.39 is 0 Å². The van der Waals surface area contributed by atoms with Crippen molar-refractivity contribution in [1.29, 1.82) is 0 Å². The lowest BCUT2D eigenvalue weighted by Crippen LogP contribution is -2.10. The van der Waals surface area contributed by atoms with Crippen molar-refractivity contribution in [3.8, 4) is 0 Å². The van der Waals surface area contributed by atoms with Crippen LogP contribution >= 0.6 is 0 Å². The third-order valence-corrected chi connectivity index (χ3v) is 4.54. The molecular formula is C21H31N5. The summed E-state index contributed by atoms with van der Waals surface area (Å²) in [6.07, 6.45) is 12.4. The summed E-state index contributed by atoms with van der Waals surface area (Å²) in [5.41, 5.74) is 10.6. The first-order chi connectivity index (χ1) is 12.7. The third-order valence-electron chi connectivity index (χ3n) is 4.54. The first-order valence-corrected chi connectivity index (χ1v) is 9.37. The van der Waals surface area contributed by atoms with Crippen LogP contribution in [0.2, 0.25) is 0 Å². The number of fused-ring (bicyclic) bond motifs is 1. The molecule has 26 heavy (non-hydrogen) atoms. The van der Waals surface area contributed by atoms with Crippen LogP contribution in [-0.2, 0) is 25.8 Å². The normalized spacial score (nSPS) is 12.7. The van der Waals surface area contributed by atoms with E-state index in [0.717, 1.165) is 30.9 Å². The van der Waals surface area contributed by atoms with Crippen LogP contribution in [0.5, 0.6) is 0 Å². The van der Waals surface area contributed by atoms with Crippen LogP contribution in [0.3, 0.4) is 0 Å². The Morgan fingerprint density at radius 1 is 1.31 bits per heavy atom. The summed E-state index contributed by atoms with van der Waals surface area (Å²) in [5.74, 6) is 0.840. The molecule has 2 aromatic rings. The van der Waals surface area contributed by atoms with Gasteiger partial charge in [-0.05, 0) is 69.8 Å². The Morgan fingerprint density at radius 3 is 2.77 bits per heavy atom. The first-order valence-electron chi connectivity index (χ1n) is 9.37. The fourth-order valence-electron chi connectivity index (χ4n) is 3.26. The third kappa shape index (κ3) is 5.13. The van der Waals surface area contributed by atoms with Crippen LogP contribution in [0.4, 0.5) is 0 Å². The second-order valence-corrected chi connectivity index (χ2v) is 6.36. The van der Waals surface area contributed by atoms with E-state index >= 15 is 0 Å². The highest BCUT2D eigenvalue weighted by Gasteiger charge is 2.12. The number of nitrogens with two attached hydrogens (primary N) is 1. The average Bonchev–Trinajstić information content (AvgIpc) is 3.03. The highest BCUT2D eigenvalue weighted by atomic mass is 15.1. The molecule has 0 saturated carbocycles. The van der Waals surface area contributed by atoms with Gasteiger partial charge in [-0.15, -0.1) is 0 Å². The van der Waals surface area contributed by atoms with Gasteiger partial charge in [0.2, 0.25) is 0 Å². The maximum atomic E-state index is 5.54. The van der Waals surface area contributed by atoms with E-state index in [-0.39, 0.29) is 0 Å². The monoisotopic (exact) mass is 353 g/mol. The maximum absolute atomic E-state index is 5.54. The smallest absolute Gasteiger partial charge is 0.136 e. The second-order valence-electron chi connectivity index (χ2n) is 6.36. The lowest BCUT2D eigenvalue weighted by Gasteiger charge is -2.12. The molecule has 1 aliphatic rings. The summed E-state index contributed by atoms with van der Waals surface area (Å²) in [6, 6.07) is 4.23. The molecule has 0 bridgehead atoms. The van der Waals surface area contributed by atoms with Crippen molar-refractivity contribution in [3.05, 3.63) is 60.0 Å². The molecule has 0 spiro atoms. The van der Waals surface area contributed by atoms with Gasteiger partial charge in [0.05, 0.1) is 5.69 Å². The van der Waals surface area contributed by atoms with Crippen LogP contribution in [0, 0.1) is 0 Å². The standard InChI is InChI=1S/C12H20N4.C9H11N/c1-4-12-15-10(9-14-3)11(7-6-8-13)16(12)5-2;1-2-6-9-8(4-1)5-3-7-10-9/h4-5,14H,1-2,6-9,13H2,3H3;3,5,7H,1-2,4,6H2. The number of imidazole rings is 1. The molecule has 0 amide bonds. The van der Waals surface area contributed by atoms with Crippen molar-refractivity contribution in [3.63, 3.8) is 0 Å². The van der Waals surface area contributed by atoms with E-state index in [2.05, 4.69) is 34.5 Å². The SMILES string of the molecule is C=Cc1nc(CNC)c(CCCN)n1C=C.c1cnc2c(c1)CCCC2. The number of hydrogen-bond donors (Lipinski definition) is 2. The van der Waals surface area contributed by atoms with Gasteiger partial charge in [-0.1, -0.05) is 19.2 Å². The fourth-order valence-corrected chi connectivity index (χ4v) is 3.26. The van der Waals surface area contributed by atoms with Crippen molar-refractivity contribution in [2.24, 2.45) is 5.73 Å². The summed E-state index contributed by atoms with van der Waals surface area (Å²) >= 11 is 0. The molecule has 140 valence electrons. The van der Waals surface area contributed by atoms with E-state index in [1.807, 2.05) is 23.9 Å². The second kappa shape index (κ2) is 10.7. The number of aryl methyl sites for hydroxylation is 2. The highest BCUT2D eigenvalue weighted by molar-refractivity contribution is 5.46. The molecule has 0 saturated heterocycles. The zero-order valence-corrected chi connectivity index (χ0v) is 15.9. The predicted octanol–water partition coefficient (Wildman–Crippen LogP) is 3.20. The molecule has 0 aliphatic heterocycles. The number of nitrogens with zero attached hydrogens (tertiary/aromatic N) is 3. The molecule has 0 unspecified atom stereocenters. The Kier molecular flexibility index (Phi) is 8.25.